The second-order valence-electron chi connectivity index (χ2n) is 5.48. The molecule has 0 spiro atoms. The number of ether oxygens (including phenoxy) is 1. The molecule has 6 N–H and O–H groups in total. The Morgan fingerprint density at radius 1 is 1.45 bits per heavy atom. The number of nitrogens with one attached hydrogen (secondary N) is 1. The minimum Gasteiger partial charge on any atom is -0.394 e. The van der Waals surface area contributed by atoms with Gasteiger partial charge in [0.2, 0.25) is 5.79 Å². The Morgan fingerprint density at radius 2 is 2.18 bits per heavy atom. The van der Waals surface area contributed by atoms with Crippen molar-refractivity contribution in [2.45, 2.75) is 30.3 Å². The number of aliphatic hydroxyl groups excluding tert-OH is 3. The van der Waals surface area contributed by atoms with Crippen molar-refractivity contribution in [3.63, 3.8) is 0 Å². The largest absolute Gasteiger partial charge is 0.394 e. The van der Waals surface area contributed by atoms with E-state index in [-0.39, 0.29) is 0 Å². The molecule has 0 saturated carbocycles. The lowest BCUT2D eigenvalue weighted by Crippen LogP contribution is -2.62. The molecular formula is C11H19N7O4. The Labute approximate surface area is 126 Å². The first-order chi connectivity index (χ1) is 10.4. The highest BCUT2D eigenvalue weighted by Crippen LogP contribution is 2.27. The Balaban J connectivity index is 1.86. The SMILES string of the molecule is CN(C)C1(N)N=CN=C2C1=NNN2[C@@H]1O[C@H](CO)[C@@H](O)[C@H]1O. The fourth-order valence-corrected chi connectivity index (χ4v) is 2.52. The summed E-state index contributed by atoms with van der Waals surface area (Å²) in [5.74, 6) is -0.863. The van der Waals surface area contributed by atoms with Crippen LogP contribution in [-0.4, -0.2) is 94.1 Å². The van der Waals surface area contributed by atoms with Crippen molar-refractivity contribution in [1.29, 1.82) is 0 Å². The Hall–Kier alpha value is -1.63. The van der Waals surface area contributed by atoms with Crippen LogP contribution in [0.15, 0.2) is 15.1 Å². The van der Waals surface area contributed by atoms with E-state index < -0.39 is 36.9 Å². The minimum atomic E-state index is -1.24. The van der Waals surface area contributed by atoms with E-state index in [2.05, 4.69) is 20.6 Å². The van der Waals surface area contributed by atoms with Crippen LogP contribution < -0.4 is 11.3 Å². The fourth-order valence-electron chi connectivity index (χ4n) is 2.52. The number of hydrogen-bond donors (Lipinski definition) is 5. The van der Waals surface area contributed by atoms with Crippen LogP contribution in [0.5, 0.6) is 0 Å². The van der Waals surface area contributed by atoms with Gasteiger partial charge in [0, 0.05) is 0 Å². The van der Waals surface area contributed by atoms with E-state index >= 15 is 0 Å². The van der Waals surface area contributed by atoms with Gasteiger partial charge in [-0.05, 0) is 14.1 Å². The number of nitrogens with two attached hydrogens (primary N) is 1. The van der Waals surface area contributed by atoms with Crippen LogP contribution >= 0.6 is 0 Å². The van der Waals surface area contributed by atoms with Gasteiger partial charge >= 0.3 is 0 Å². The van der Waals surface area contributed by atoms with Gasteiger partial charge < -0.3 is 20.1 Å². The molecular weight excluding hydrogens is 294 g/mol. The van der Waals surface area contributed by atoms with Crippen LogP contribution in [0, 0.1) is 0 Å². The lowest BCUT2D eigenvalue weighted by molar-refractivity contribution is -0.0839. The first kappa shape index (κ1) is 15.3. The molecule has 3 aliphatic rings. The molecule has 22 heavy (non-hydrogen) atoms. The molecule has 1 unspecified atom stereocenters. The summed E-state index contributed by atoms with van der Waals surface area (Å²) in [6.07, 6.45) is -3.01. The summed E-state index contributed by atoms with van der Waals surface area (Å²) < 4.78 is 5.46. The number of aliphatic hydroxyl groups is 3. The van der Waals surface area contributed by atoms with E-state index in [1.807, 2.05) is 0 Å². The summed E-state index contributed by atoms with van der Waals surface area (Å²) in [6.45, 7) is -0.414. The predicted molar refractivity (Wildman–Crippen MR) is 76.7 cm³/mol. The number of aliphatic imine (C=N–C) groups is 2. The quantitative estimate of drug-likeness (QED) is 0.333. The Kier molecular flexibility index (Phi) is 3.63. The van der Waals surface area contributed by atoms with Crippen molar-refractivity contribution >= 4 is 17.9 Å². The monoisotopic (exact) mass is 313 g/mol. The van der Waals surface area contributed by atoms with E-state index in [0.717, 1.165) is 0 Å². The number of nitrogens with zero attached hydrogens (tertiary/aromatic N) is 5. The van der Waals surface area contributed by atoms with Crippen LogP contribution in [0.1, 0.15) is 0 Å². The number of rotatable bonds is 3. The lowest BCUT2D eigenvalue weighted by atomic mass is 10.1. The molecule has 11 nitrogen and oxygen atoms in total. The number of hydrazone groups is 1. The third-order valence-electron chi connectivity index (χ3n) is 3.95. The van der Waals surface area contributed by atoms with E-state index in [1.54, 1.807) is 19.0 Å². The van der Waals surface area contributed by atoms with Crippen molar-refractivity contribution in [3.05, 3.63) is 0 Å². The van der Waals surface area contributed by atoms with Crippen LogP contribution in [0.25, 0.3) is 0 Å². The van der Waals surface area contributed by atoms with Crippen molar-refractivity contribution < 1.29 is 20.1 Å². The summed E-state index contributed by atoms with van der Waals surface area (Å²) >= 11 is 0. The number of fused-ring (bicyclic) bond motifs is 1. The molecule has 3 heterocycles. The maximum atomic E-state index is 10.1. The third-order valence-corrected chi connectivity index (χ3v) is 3.95. The summed E-state index contributed by atoms with van der Waals surface area (Å²) in [5, 5.41) is 34.6. The highest BCUT2D eigenvalue weighted by molar-refractivity contribution is 6.46. The average Bonchev–Trinajstić information content (AvgIpc) is 3.03. The summed E-state index contributed by atoms with van der Waals surface area (Å²) in [6, 6.07) is 0. The maximum Gasteiger partial charge on any atom is 0.215 e. The third kappa shape index (κ3) is 2.02. The molecule has 0 aromatic heterocycles. The van der Waals surface area contributed by atoms with Gasteiger partial charge in [-0.25, -0.2) is 20.5 Å². The van der Waals surface area contributed by atoms with E-state index in [9.17, 15) is 10.2 Å². The second kappa shape index (κ2) is 5.22. The molecule has 0 aliphatic carbocycles. The normalized spacial score (nSPS) is 40.6. The molecule has 1 fully saturated rings. The van der Waals surface area contributed by atoms with Crippen LogP contribution in [0.2, 0.25) is 0 Å². The standard InChI is InChI=1S/C11H19N7O4/c1-17(2)11(12)8-9(13-4-14-11)18(16-15-8)10-7(21)6(20)5(3-19)22-10/h4-7,10,16,19-21H,3,12H2,1-2H3/t5-,6-,7-,10-,11?/m1/s1. The van der Waals surface area contributed by atoms with Crippen molar-refractivity contribution in [1.82, 2.24) is 15.4 Å². The molecule has 0 bridgehead atoms. The molecule has 0 radical (unpaired) electrons. The van der Waals surface area contributed by atoms with Gasteiger partial charge in [-0.1, -0.05) is 0 Å². The second-order valence-corrected chi connectivity index (χ2v) is 5.48. The number of hydrazine groups is 1. The summed E-state index contributed by atoms with van der Waals surface area (Å²) in [5.41, 5.74) is 9.25. The smallest absolute Gasteiger partial charge is 0.215 e. The van der Waals surface area contributed by atoms with Crippen LogP contribution in [0.4, 0.5) is 0 Å². The highest BCUT2D eigenvalue weighted by atomic mass is 16.6. The number of hydrogen-bond acceptors (Lipinski definition) is 11. The Bertz CT molecular complexity index is 551. The predicted octanol–water partition coefficient (Wildman–Crippen LogP) is -3.78. The average molecular weight is 313 g/mol. The van der Waals surface area contributed by atoms with Gasteiger partial charge in [0.05, 0.1) is 6.61 Å². The van der Waals surface area contributed by atoms with Gasteiger partial charge in [-0.3, -0.25) is 10.6 Å². The zero-order chi connectivity index (χ0) is 16.1. The highest BCUT2D eigenvalue weighted by Gasteiger charge is 2.51. The molecule has 1 saturated heterocycles. The molecule has 3 rings (SSSR count). The maximum absolute atomic E-state index is 10.1. The van der Waals surface area contributed by atoms with Gasteiger partial charge in [0.15, 0.2) is 17.8 Å². The van der Waals surface area contributed by atoms with Gasteiger partial charge in [-0.2, -0.15) is 5.10 Å². The van der Waals surface area contributed by atoms with Gasteiger partial charge in [0.1, 0.15) is 24.7 Å². The van der Waals surface area contributed by atoms with Gasteiger partial charge in [-0.15, -0.1) is 0 Å². The van der Waals surface area contributed by atoms with Crippen molar-refractivity contribution in [3.8, 4) is 0 Å². The van der Waals surface area contributed by atoms with Crippen LogP contribution in [0.3, 0.4) is 0 Å². The fraction of sp³-hybridized carbons (Fsp3) is 0.727. The molecule has 122 valence electrons. The topological polar surface area (TPSA) is 152 Å². The van der Waals surface area contributed by atoms with E-state index in [1.165, 1.54) is 11.3 Å². The first-order valence-corrected chi connectivity index (χ1v) is 6.74. The van der Waals surface area contributed by atoms with Crippen LogP contribution in [-0.2, 0) is 4.74 Å². The molecule has 0 aromatic rings. The molecule has 0 amide bonds. The lowest BCUT2D eigenvalue weighted by Gasteiger charge is -2.34. The van der Waals surface area contributed by atoms with E-state index in [0.29, 0.717) is 11.5 Å². The molecule has 0 aromatic carbocycles. The molecule has 11 heteroatoms. The zero-order valence-electron chi connectivity index (χ0n) is 12.2. The van der Waals surface area contributed by atoms with Crippen molar-refractivity contribution in [2.75, 3.05) is 20.7 Å². The van der Waals surface area contributed by atoms with E-state index in [4.69, 9.17) is 15.6 Å². The molecule has 3 aliphatic heterocycles. The minimum absolute atomic E-state index is 0.334. The first-order valence-electron chi connectivity index (χ1n) is 6.74. The van der Waals surface area contributed by atoms with Gasteiger partial charge in [0.25, 0.3) is 0 Å². The summed E-state index contributed by atoms with van der Waals surface area (Å²) in [4.78, 5) is 9.92. The van der Waals surface area contributed by atoms with Crippen molar-refractivity contribution in [2.24, 2.45) is 20.8 Å². The summed E-state index contributed by atoms with van der Waals surface area (Å²) in [7, 11) is 3.50. The Morgan fingerprint density at radius 3 is 2.77 bits per heavy atom. The zero-order valence-corrected chi connectivity index (χ0v) is 12.2. The molecule has 5 atom stereocenters. The number of amidine groups is 1.